The van der Waals surface area contributed by atoms with E-state index in [1.54, 1.807) is 0 Å². The van der Waals surface area contributed by atoms with Crippen LogP contribution in [0.2, 0.25) is 0 Å². The van der Waals surface area contributed by atoms with Gasteiger partial charge in [0, 0.05) is 19.3 Å². The van der Waals surface area contributed by atoms with Crippen LogP contribution >= 0.6 is 0 Å². The number of hydrogen-bond acceptors (Lipinski definition) is 3. The standard InChI is InChI=1S/C17H23NO4/c1-12-4-3-5-14(10-12)13(2)17(21)18(11-16(19)20)15-6-8-22-9-7-15/h3-5,10,13,15H,6-9,11H2,1-2H3,(H,19,20). The molecule has 1 atom stereocenters. The van der Waals surface area contributed by atoms with Gasteiger partial charge in [-0.2, -0.15) is 0 Å². The van der Waals surface area contributed by atoms with Crippen molar-refractivity contribution in [2.75, 3.05) is 19.8 Å². The number of amides is 1. The molecule has 5 nitrogen and oxygen atoms in total. The zero-order chi connectivity index (χ0) is 16.1. The van der Waals surface area contributed by atoms with Gasteiger partial charge < -0.3 is 14.7 Å². The Bertz CT molecular complexity index is 537. The fraction of sp³-hybridized carbons (Fsp3) is 0.529. The number of carbonyl (C=O) groups is 2. The minimum atomic E-state index is -0.976. The van der Waals surface area contributed by atoms with Crippen LogP contribution in [0.4, 0.5) is 0 Å². The number of nitrogens with zero attached hydrogens (tertiary/aromatic N) is 1. The molecule has 1 saturated heterocycles. The van der Waals surface area contributed by atoms with Crippen LogP contribution in [-0.2, 0) is 14.3 Å². The number of benzene rings is 1. The third kappa shape index (κ3) is 4.07. The van der Waals surface area contributed by atoms with Gasteiger partial charge in [-0.05, 0) is 32.3 Å². The van der Waals surface area contributed by atoms with Crippen molar-refractivity contribution < 1.29 is 19.4 Å². The van der Waals surface area contributed by atoms with Crippen LogP contribution in [0, 0.1) is 6.92 Å². The van der Waals surface area contributed by atoms with Crippen molar-refractivity contribution in [3.05, 3.63) is 35.4 Å². The molecule has 0 radical (unpaired) electrons. The highest BCUT2D eigenvalue weighted by Gasteiger charge is 2.30. The summed E-state index contributed by atoms with van der Waals surface area (Å²) >= 11 is 0. The number of carboxylic acids is 1. The Kier molecular flexibility index (Phi) is 5.55. The fourth-order valence-corrected chi connectivity index (χ4v) is 2.86. The van der Waals surface area contributed by atoms with Gasteiger partial charge in [0.2, 0.25) is 5.91 Å². The lowest BCUT2D eigenvalue weighted by molar-refractivity contribution is -0.148. The number of aliphatic carboxylic acids is 1. The summed E-state index contributed by atoms with van der Waals surface area (Å²) in [5.74, 6) is -1.45. The molecule has 1 heterocycles. The summed E-state index contributed by atoms with van der Waals surface area (Å²) in [4.78, 5) is 25.5. The highest BCUT2D eigenvalue weighted by Crippen LogP contribution is 2.23. The van der Waals surface area contributed by atoms with Crippen molar-refractivity contribution in [3.8, 4) is 0 Å². The van der Waals surface area contributed by atoms with Gasteiger partial charge in [0.05, 0.1) is 5.92 Å². The molecule has 1 aromatic rings. The average Bonchev–Trinajstić information content (AvgIpc) is 2.52. The van der Waals surface area contributed by atoms with E-state index in [9.17, 15) is 9.59 Å². The molecule has 0 spiro atoms. The van der Waals surface area contributed by atoms with Crippen LogP contribution in [-0.4, -0.2) is 47.7 Å². The molecule has 1 aliphatic rings. The maximum absolute atomic E-state index is 12.8. The van der Waals surface area contributed by atoms with Crippen LogP contribution in [0.5, 0.6) is 0 Å². The predicted molar refractivity (Wildman–Crippen MR) is 82.8 cm³/mol. The van der Waals surface area contributed by atoms with Gasteiger partial charge in [0.15, 0.2) is 0 Å². The molecule has 1 amide bonds. The molecule has 0 bridgehead atoms. The highest BCUT2D eigenvalue weighted by atomic mass is 16.5. The summed E-state index contributed by atoms with van der Waals surface area (Å²) in [5, 5.41) is 9.13. The molecule has 0 aromatic heterocycles. The molecule has 1 aromatic carbocycles. The zero-order valence-corrected chi connectivity index (χ0v) is 13.1. The van der Waals surface area contributed by atoms with E-state index in [0.29, 0.717) is 26.1 Å². The van der Waals surface area contributed by atoms with Crippen molar-refractivity contribution >= 4 is 11.9 Å². The SMILES string of the molecule is Cc1cccc(C(C)C(=O)N(CC(=O)O)C2CCOCC2)c1. The monoisotopic (exact) mass is 305 g/mol. The maximum atomic E-state index is 12.8. The number of hydrogen-bond donors (Lipinski definition) is 1. The highest BCUT2D eigenvalue weighted by molar-refractivity contribution is 5.86. The molecule has 0 aliphatic carbocycles. The van der Waals surface area contributed by atoms with Crippen molar-refractivity contribution in [1.29, 1.82) is 0 Å². The average molecular weight is 305 g/mol. The summed E-state index contributed by atoms with van der Waals surface area (Å²) in [5.41, 5.74) is 2.01. The second-order valence-corrected chi connectivity index (χ2v) is 5.84. The molecule has 1 aliphatic heterocycles. The molecule has 120 valence electrons. The largest absolute Gasteiger partial charge is 0.480 e. The Morgan fingerprint density at radius 1 is 1.36 bits per heavy atom. The Balaban J connectivity index is 2.18. The van der Waals surface area contributed by atoms with Gasteiger partial charge in [-0.25, -0.2) is 0 Å². The van der Waals surface area contributed by atoms with Crippen LogP contribution < -0.4 is 0 Å². The molecular weight excluding hydrogens is 282 g/mol. The Hall–Kier alpha value is -1.88. The summed E-state index contributed by atoms with van der Waals surface area (Å²) in [6, 6.07) is 7.74. The van der Waals surface area contributed by atoms with E-state index < -0.39 is 5.97 Å². The topological polar surface area (TPSA) is 66.8 Å². The number of ether oxygens (including phenoxy) is 1. The quantitative estimate of drug-likeness (QED) is 0.905. The van der Waals surface area contributed by atoms with Crippen molar-refractivity contribution in [2.24, 2.45) is 0 Å². The lowest BCUT2D eigenvalue weighted by Crippen LogP contribution is -2.47. The minimum Gasteiger partial charge on any atom is -0.480 e. The second kappa shape index (κ2) is 7.40. The van der Waals surface area contributed by atoms with E-state index in [0.717, 1.165) is 11.1 Å². The molecule has 1 fully saturated rings. The van der Waals surface area contributed by atoms with Gasteiger partial charge >= 0.3 is 5.97 Å². The van der Waals surface area contributed by atoms with Crippen molar-refractivity contribution in [3.63, 3.8) is 0 Å². The van der Waals surface area contributed by atoms with E-state index in [1.165, 1.54) is 4.90 Å². The molecule has 5 heteroatoms. The number of rotatable bonds is 5. The first-order valence-electron chi connectivity index (χ1n) is 7.65. The molecule has 22 heavy (non-hydrogen) atoms. The lowest BCUT2D eigenvalue weighted by atomic mass is 9.96. The summed E-state index contributed by atoms with van der Waals surface area (Å²) < 4.78 is 5.31. The smallest absolute Gasteiger partial charge is 0.323 e. The lowest BCUT2D eigenvalue weighted by Gasteiger charge is -2.35. The summed E-state index contributed by atoms with van der Waals surface area (Å²) in [7, 11) is 0. The number of carboxylic acid groups (broad SMARTS) is 1. The first kappa shape index (κ1) is 16.5. The Morgan fingerprint density at radius 2 is 2.05 bits per heavy atom. The molecule has 2 rings (SSSR count). The first-order chi connectivity index (χ1) is 10.5. The Labute approximate surface area is 130 Å². The summed E-state index contributed by atoms with van der Waals surface area (Å²) in [6.07, 6.45) is 1.39. The normalized spacial score (nSPS) is 17.0. The number of carbonyl (C=O) groups excluding carboxylic acids is 1. The fourth-order valence-electron chi connectivity index (χ4n) is 2.86. The van der Waals surface area contributed by atoms with Gasteiger partial charge in [-0.1, -0.05) is 29.8 Å². The molecule has 1 unspecified atom stereocenters. The van der Waals surface area contributed by atoms with E-state index in [2.05, 4.69) is 0 Å². The minimum absolute atomic E-state index is 0.0513. The van der Waals surface area contributed by atoms with Crippen LogP contribution in [0.15, 0.2) is 24.3 Å². The zero-order valence-electron chi connectivity index (χ0n) is 13.1. The molecule has 0 saturated carbocycles. The van der Waals surface area contributed by atoms with E-state index >= 15 is 0 Å². The van der Waals surface area contributed by atoms with Crippen LogP contribution in [0.1, 0.15) is 36.8 Å². The van der Waals surface area contributed by atoms with E-state index in [-0.39, 0.29) is 24.4 Å². The van der Waals surface area contributed by atoms with Gasteiger partial charge in [0.1, 0.15) is 6.54 Å². The van der Waals surface area contributed by atoms with E-state index in [4.69, 9.17) is 9.84 Å². The summed E-state index contributed by atoms with van der Waals surface area (Å²) in [6.45, 7) is 4.72. The van der Waals surface area contributed by atoms with Crippen LogP contribution in [0.3, 0.4) is 0 Å². The third-order valence-corrected chi connectivity index (χ3v) is 4.13. The first-order valence-corrected chi connectivity index (χ1v) is 7.65. The van der Waals surface area contributed by atoms with Gasteiger partial charge in [-0.3, -0.25) is 9.59 Å². The van der Waals surface area contributed by atoms with Crippen molar-refractivity contribution in [1.82, 2.24) is 4.90 Å². The predicted octanol–water partition coefficient (Wildman–Crippen LogP) is 2.19. The Morgan fingerprint density at radius 3 is 2.64 bits per heavy atom. The maximum Gasteiger partial charge on any atom is 0.323 e. The van der Waals surface area contributed by atoms with Gasteiger partial charge in [0.25, 0.3) is 0 Å². The van der Waals surface area contributed by atoms with Gasteiger partial charge in [-0.15, -0.1) is 0 Å². The second-order valence-electron chi connectivity index (χ2n) is 5.84. The number of aryl methyl sites for hydroxylation is 1. The third-order valence-electron chi connectivity index (χ3n) is 4.13. The molecular formula is C17H23NO4. The van der Waals surface area contributed by atoms with Crippen LogP contribution in [0.25, 0.3) is 0 Å². The molecule has 1 N–H and O–H groups in total. The van der Waals surface area contributed by atoms with Crippen molar-refractivity contribution in [2.45, 2.75) is 38.6 Å². The van der Waals surface area contributed by atoms with E-state index in [1.807, 2.05) is 38.1 Å².